The van der Waals surface area contributed by atoms with E-state index in [1.54, 1.807) is 6.07 Å². The van der Waals surface area contributed by atoms with Crippen LogP contribution in [0, 0.1) is 0 Å². The van der Waals surface area contributed by atoms with Crippen LogP contribution in [0.2, 0.25) is 0 Å². The van der Waals surface area contributed by atoms with E-state index in [9.17, 15) is 4.79 Å². The van der Waals surface area contributed by atoms with Crippen molar-refractivity contribution in [2.45, 2.75) is 12.8 Å². The molecule has 0 aromatic heterocycles. The van der Waals surface area contributed by atoms with Crippen molar-refractivity contribution >= 4 is 11.6 Å². The van der Waals surface area contributed by atoms with Crippen LogP contribution >= 0.6 is 0 Å². The molecule has 1 aliphatic carbocycles. The molecule has 0 unspecified atom stereocenters. The van der Waals surface area contributed by atoms with Crippen LogP contribution in [0.1, 0.15) is 11.1 Å². The van der Waals surface area contributed by atoms with Gasteiger partial charge in [0, 0.05) is 11.8 Å². The minimum atomic E-state index is -0.233. The van der Waals surface area contributed by atoms with E-state index in [4.69, 9.17) is 4.74 Å². The summed E-state index contributed by atoms with van der Waals surface area (Å²) >= 11 is 0. The zero-order valence-corrected chi connectivity index (χ0v) is 11.1. The molecule has 1 N–H and O–H groups in total. The average molecular weight is 265 g/mol. The Morgan fingerprint density at radius 1 is 1.10 bits per heavy atom. The monoisotopic (exact) mass is 265 g/mol. The maximum Gasteiger partial charge on any atom is 0.247 e. The molecule has 3 nitrogen and oxygen atoms in total. The standard InChI is InChI=1S/C17H15NO2/c1-2-17(19)18-14-4-3-5-15(11-14)20-16-9-8-12-6-7-13(12)10-16/h2-5,8-11H,1,6-7H2,(H,18,19). The maximum absolute atomic E-state index is 11.3. The Kier molecular flexibility index (Phi) is 3.25. The quantitative estimate of drug-likeness (QED) is 0.856. The lowest BCUT2D eigenvalue weighted by molar-refractivity contribution is -0.111. The molecule has 0 fully saturated rings. The molecule has 0 saturated heterocycles. The number of carbonyl (C=O) groups excluding carboxylic acids is 1. The lowest BCUT2D eigenvalue weighted by Gasteiger charge is -2.19. The van der Waals surface area contributed by atoms with E-state index >= 15 is 0 Å². The second-order valence-corrected chi connectivity index (χ2v) is 4.75. The van der Waals surface area contributed by atoms with Gasteiger partial charge in [0.25, 0.3) is 0 Å². The van der Waals surface area contributed by atoms with Crippen LogP contribution in [0.3, 0.4) is 0 Å². The summed E-state index contributed by atoms with van der Waals surface area (Å²) in [6, 6.07) is 13.5. The summed E-state index contributed by atoms with van der Waals surface area (Å²) in [5.41, 5.74) is 3.46. The second kappa shape index (κ2) is 5.21. The van der Waals surface area contributed by atoms with Gasteiger partial charge in [-0.2, -0.15) is 0 Å². The highest BCUT2D eigenvalue weighted by atomic mass is 16.5. The highest BCUT2D eigenvalue weighted by Crippen LogP contribution is 2.30. The first-order valence-corrected chi connectivity index (χ1v) is 6.58. The van der Waals surface area contributed by atoms with Crippen LogP contribution < -0.4 is 10.1 Å². The number of hydrogen-bond donors (Lipinski definition) is 1. The molecule has 20 heavy (non-hydrogen) atoms. The van der Waals surface area contributed by atoms with Gasteiger partial charge in [0.05, 0.1) is 0 Å². The number of carbonyl (C=O) groups is 1. The normalized spacial score (nSPS) is 12.0. The van der Waals surface area contributed by atoms with E-state index in [-0.39, 0.29) is 5.91 Å². The van der Waals surface area contributed by atoms with Gasteiger partial charge in [0.1, 0.15) is 11.5 Å². The molecule has 100 valence electrons. The molecule has 2 aromatic rings. The Morgan fingerprint density at radius 3 is 2.60 bits per heavy atom. The zero-order chi connectivity index (χ0) is 13.9. The van der Waals surface area contributed by atoms with E-state index in [2.05, 4.69) is 24.0 Å². The van der Waals surface area contributed by atoms with Crippen LogP contribution in [0.4, 0.5) is 5.69 Å². The lowest BCUT2D eigenvalue weighted by atomic mass is 9.89. The number of anilines is 1. The molecule has 0 aliphatic heterocycles. The number of nitrogens with one attached hydrogen (secondary N) is 1. The number of hydrogen-bond acceptors (Lipinski definition) is 2. The first-order chi connectivity index (χ1) is 9.74. The number of ether oxygens (including phenoxy) is 1. The molecule has 1 aliphatic rings. The fraction of sp³-hybridized carbons (Fsp3) is 0.118. The van der Waals surface area contributed by atoms with Crippen molar-refractivity contribution in [3.8, 4) is 11.5 Å². The number of rotatable bonds is 4. The molecule has 0 saturated carbocycles. The third-order valence-corrected chi connectivity index (χ3v) is 3.36. The summed E-state index contributed by atoms with van der Waals surface area (Å²) in [5.74, 6) is 1.30. The van der Waals surface area contributed by atoms with E-state index in [1.807, 2.05) is 24.3 Å². The van der Waals surface area contributed by atoms with E-state index < -0.39 is 0 Å². The Labute approximate surface area is 117 Å². The predicted octanol–water partition coefficient (Wildman–Crippen LogP) is 3.70. The molecule has 0 spiro atoms. The number of fused-ring (bicyclic) bond motifs is 1. The average Bonchev–Trinajstić information content (AvgIpc) is 2.42. The van der Waals surface area contributed by atoms with Gasteiger partial charge >= 0.3 is 0 Å². The van der Waals surface area contributed by atoms with E-state index in [0.717, 1.165) is 12.2 Å². The van der Waals surface area contributed by atoms with Crippen molar-refractivity contribution in [3.05, 3.63) is 66.2 Å². The minimum Gasteiger partial charge on any atom is -0.457 e. The van der Waals surface area contributed by atoms with Crippen molar-refractivity contribution in [2.24, 2.45) is 0 Å². The lowest BCUT2D eigenvalue weighted by Crippen LogP contribution is -2.08. The first-order valence-electron chi connectivity index (χ1n) is 6.58. The predicted molar refractivity (Wildman–Crippen MR) is 79.2 cm³/mol. The smallest absolute Gasteiger partial charge is 0.247 e. The Bertz CT molecular complexity index is 676. The molecule has 1 amide bonds. The Hall–Kier alpha value is -2.55. The minimum absolute atomic E-state index is 0.233. The molecule has 3 rings (SSSR count). The number of benzene rings is 2. The summed E-state index contributed by atoms with van der Waals surface area (Å²) in [4.78, 5) is 11.3. The van der Waals surface area contributed by atoms with E-state index in [0.29, 0.717) is 11.4 Å². The summed E-state index contributed by atoms with van der Waals surface area (Å²) < 4.78 is 5.83. The molecular weight excluding hydrogens is 250 g/mol. The number of amides is 1. The van der Waals surface area contributed by atoms with Crippen LogP contribution in [-0.4, -0.2) is 5.91 Å². The first kappa shape index (κ1) is 12.5. The summed E-state index contributed by atoms with van der Waals surface area (Å²) in [5, 5.41) is 2.71. The fourth-order valence-electron chi connectivity index (χ4n) is 2.20. The highest BCUT2D eigenvalue weighted by Gasteiger charge is 2.13. The zero-order valence-electron chi connectivity index (χ0n) is 11.1. The van der Waals surface area contributed by atoms with Crippen LogP contribution in [0.15, 0.2) is 55.1 Å². The summed E-state index contributed by atoms with van der Waals surface area (Å²) in [6.45, 7) is 3.43. The summed E-state index contributed by atoms with van der Waals surface area (Å²) in [7, 11) is 0. The van der Waals surface area contributed by atoms with Crippen molar-refractivity contribution in [1.82, 2.24) is 0 Å². The van der Waals surface area contributed by atoms with Gasteiger partial charge in [0.2, 0.25) is 5.91 Å². The molecular formula is C17H15NO2. The third kappa shape index (κ3) is 2.57. The summed E-state index contributed by atoms with van der Waals surface area (Å²) in [6.07, 6.45) is 3.53. The van der Waals surface area contributed by atoms with Crippen LogP contribution in [0.25, 0.3) is 0 Å². The Balaban J connectivity index is 1.76. The molecule has 0 heterocycles. The largest absolute Gasteiger partial charge is 0.457 e. The van der Waals surface area contributed by atoms with Crippen molar-refractivity contribution in [3.63, 3.8) is 0 Å². The molecule has 0 bridgehead atoms. The number of aryl methyl sites for hydroxylation is 2. The van der Waals surface area contributed by atoms with E-state index in [1.165, 1.54) is 23.6 Å². The van der Waals surface area contributed by atoms with Gasteiger partial charge in [-0.05, 0) is 54.3 Å². The Morgan fingerprint density at radius 2 is 1.90 bits per heavy atom. The topological polar surface area (TPSA) is 38.3 Å². The van der Waals surface area contributed by atoms with Crippen molar-refractivity contribution in [2.75, 3.05) is 5.32 Å². The molecule has 0 atom stereocenters. The van der Waals surface area contributed by atoms with Crippen LogP contribution in [0.5, 0.6) is 11.5 Å². The second-order valence-electron chi connectivity index (χ2n) is 4.75. The van der Waals surface area contributed by atoms with Gasteiger partial charge in [0.15, 0.2) is 0 Å². The van der Waals surface area contributed by atoms with Crippen molar-refractivity contribution in [1.29, 1.82) is 0 Å². The van der Waals surface area contributed by atoms with Crippen LogP contribution in [-0.2, 0) is 17.6 Å². The highest BCUT2D eigenvalue weighted by molar-refractivity contribution is 5.98. The molecule has 0 radical (unpaired) electrons. The van der Waals surface area contributed by atoms with Crippen molar-refractivity contribution < 1.29 is 9.53 Å². The van der Waals surface area contributed by atoms with Gasteiger partial charge < -0.3 is 10.1 Å². The SMILES string of the molecule is C=CC(=O)Nc1cccc(Oc2ccc3c(c2)CC3)c1. The molecule has 2 aromatic carbocycles. The molecule has 3 heteroatoms. The van der Waals surface area contributed by atoms with Gasteiger partial charge in [-0.25, -0.2) is 0 Å². The van der Waals surface area contributed by atoms with Gasteiger partial charge in [-0.1, -0.05) is 18.7 Å². The maximum atomic E-state index is 11.3. The van der Waals surface area contributed by atoms with Gasteiger partial charge in [-0.15, -0.1) is 0 Å². The fourth-order valence-corrected chi connectivity index (χ4v) is 2.20. The van der Waals surface area contributed by atoms with Gasteiger partial charge in [-0.3, -0.25) is 4.79 Å². The third-order valence-electron chi connectivity index (χ3n) is 3.36.